The summed E-state index contributed by atoms with van der Waals surface area (Å²) in [5, 5.41) is 8.54. The van der Waals surface area contributed by atoms with Crippen LogP contribution in [0.4, 0.5) is 0 Å². The number of carboxylic acid groups (broad SMARTS) is 1. The van der Waals surface area contributed by atoms with Crippen LogP contribution in [0.15, 0.2) is 0 Å². The van der Waals surface area contributed by atoms with Crippen molar-refractivity contribution in [3.8, 4) is 0 Å². The van der Waals surface area contributed by atoms with Crippen molar-refractivity contribution in [3.05, 3.63) is 0 Å². The predicted molar refractivity (Wildman–Crippen MR) is 36.3 cm³/mol. The van der Waals surface area contributed by atoms with Gasteiger partial charge in [-0.15, -0.1) is 0 Å². The fraction of sp³-hybridized carbons (Fsp3) is 0.833. The fourth-order valence-electron chi connectivity index (χ4n) is 1.30. The van der Waals surface area contributed by atoms with Gasteiger partial charge in [0.2, 0.25) is 0 Å². The molecule has 1 fully saturated rings. The highest BCUT2D eigenvalue weighted by Gasteiger charge is 2.33. The highest BCUT2D eigenvalue weighted by Crippen LogP contribution is 2.23. The first-order valence-electron chi connectivity index (χ1n) is 3.35. The number of aliphatic carboxylic acids is 1. The Balaban J connectivity index is 2.49. The minimum Gasteiger partial charge on any atom is -0.481 e. The summed E-state index contributed by atoms with van der Waals surface area (Å²) in [5.41, 5.74) is 11.0. The summed E-state index contributed by atoms with van der Waals surface area (Å²) in [6.45, 7) is 0. The van der Waals surface area contributed by atoms with Crippen LogP contribution in [0.3, 0.4) is 0 Å². The molecule has 1 unspecified atom stereocenters. The van der Waals surface area contributed by atoms with E-state index in [0.29, 0.717) is 12.8 Å². The highest BCUT2D eigenvalue weighted by molar-refractivity contribution is 5.70. The van der Waals surface area contributed by atoms with Crippen LogP contribution in [0.2, 0.25) is 0 Å². The quantitative estimate of drug-likeness (QED) is 0.446. The van der Waals surface area contributed by atoms with Crippen LogP contribution in [-0.2, 0) is 4.79 Å². The second kappa shape index (κ2) is 2.56. The Morgan fingerprint density at radius 2 is 1.70 bits per heavy atom. The third-order valence-electron chi connectivity index (χ3n) is 2.01. The lowest BCUT2D eigenvalue weighted by Gasteiger charge is -2.05. The zero-order valence-corrected chi connectivity index (χ0v) is 5.66. The average molecular weight is 144 g/mol. The maximum atomic E-state index is 10.4. The van der Waals surface area contributed by atoms with Crippen LogP contribution in [0, 0.1) is 5.92 Å². The zero-order valence-electron chi connectivity index (χ0n) is 5.66. The van der Waals surface area contributed by atoms with E-state index >= 15 is 0 Å². The number of carbonyl (C=O) groups is 1. The molecule has 0 amide bonds. The second-order valence-corrected chi connectivity index (χ2v) is 2.83. The van der Waals surface area contributed by atoms with Crippen LogP contribution in [0.5, 0.6) is 0 Å². The van der Waals surface area contributed by atoms with Gasteiger partial charge in [-0.2, -0.15) is 0 Å². The first kappa shape index (κ1) is 7.50. The molecule has 0 heterocycles. The van der Waals surface area contributed by atoms with Crippen molar-refractivity contribution in [2.75, 3.05) is 0 Å². The molecule has 1 aliphatic rings. The minimum atomic E-state index is -0.775. The van der Waals surface area contributed by atoms with Crippen molar-refractivity contribution in [1.82, 2.24) is 0 Å². The number of carboxylic acids is 1. The lowest BCUT2D eigenvalue weighted by molar-refractivity contribution is -0.141. The smallest absolute Gasteiger partial charge is 0.306 e. The molecule has 0 aromatic carbocycles. The molecular weight excluding hydrogens is 132 g/mol. The molecule has 1 aliphatic carbocycles. The first-order valence-corrected chi connectivity index (χ1v) is 3.35. The molecular formula is C6H12N2O2. The van der Waals surface area contributed by atoms with E-state index < -0.39 is 5.97 Å². The largest absolute Gasteiger partial charge is 0.481 e. The zero-order chi connectivity index (χ0) is 7.72. The molecule has 58 valence electrons. The topological polar surface area (TPSA) is 89.3 Å². The predicted octanol–water partition coefficient (Wildman–Crippen LogP) is -0.864. The third kappa shape index (κ3) is 1.27. The van der Waals surface area contributed by atoms with E-state index in [0.717, 1.165) is 0 Å². The molecule has 0 aliphatic heterocycles. The van der Waals surface area contributed by atoms with Crippen LogP contribution >= 0.6 is 0 Å². The van der Waals surface area contributed by atoms with E-state index in [4.69, 9.17) is 16.6 Å². The minimum absolute atomic E-state index is 0.124. The van der Waals surface area contributed by atoms with Gasteiger partial charge in [-0.3, -0.25) is 4.79 Å². The van der Waals surface area contributed by atoms with Gasteiger partial charge in [-0.25, -0.2) is 0 Å². The molecule has 4 heteroatoms. The Hall–Kier alpha value is -0.610. The van der Waals surface area contributed by atoms with Gasteiger partial charge in [-0.1, -0.05) is 0 Å². The molecule has 0 aromatic rings. The molecule has 0 saturated heterocycles. The van der Waals surface area contributed by atoms with E-state index in [1.165, 1.54) is 0 Å². The van der Waals surface area contributed by atoms with E-state index in [2.05, 4.69) is 0 Å². The van der Waals surface area contributed by atoms with Crippen molar-refractivity contribution in [2.24, 2.45) is 17.4 Å². The monoisotopic (exact) mass is 144 g/mol. The number of rotatable bonds is 1. The molecule has 1 rings (SSSR count). The summed E-state index contributed by atoms with van der Waals surface area (Å²) in [6.07, 6.45) is 1.05. The number of hydrogen-bond acceptors (Lipinski definition) is 3. The average Bonchev–Trinajstić information content (AvgIpc) is 2.13. The maximum absolute atomic E-state index is 10.4. The number of nitrogens with two attached hydrogens (primary N) is 2. The van der Waals surface area contributed by atoms with Crippen molar-refractivity contribution in [2.45, 2.75) is 24.9 Å². The van der Waals surface area contributed by atoms with Crippen LogP contribution in [0.25, 0.3) is 0 Å². The van der Waals surface area contributed by atoms with Gasteiger partial charge in [0, 0.05) is 12.1 Å². The molecule has 0 bridgehead atoms. The van der Waals surface area contributed by atoms with E-state index in [1.54, 1.807) is 0 Å². The molecule has 5 N–H and O–H groups in total. The van der Waals surface area contributed by atoms with E-state index in [-0.39, 0.29) is 18.0 Å². The Kier molecular flexibility index (Phi) is 1.92. The van der Waals surface area contributed by atoms with Gasteiger partial charge in [0.05, 0.1) is 5.92 Å². The summed E-state index contributed by atoms with van der Waals surface area (Å²) in [6, 6.07) is -0.248. The Morgan fingerprint density at radius 3 is 1.90 bits per heavy atom. The van der Waals surface area contributed by atoms with Crippen LogP contribution in [0.1, 0.15) is 12.8 Å². The lowest BCUT2D eigenvalue weighted by atomic mass is 10.1. The summed E-state index contributed by atoms with van der Waals surface area (Å²) in [4.78, 5) is 10.4. The molecule has 4 nitrogen and oxygen atoms in total. The molecule has 3 atom stereocenters. The Morgan fingerprint density at radius 1 is 1.30 bits per heavy atom. The van der Waals surface area contributed by atoms with Gasteiger partial charge in [0.15, 0.2) is 0 Å². The summed E-state index contributed by atoms with van der Waals surface area (Å²) in [5.74, 6) is -1.09. The first-order chi connectivity index (χ1) is 4.61. The molecule has 10 heavy (non-hydrogen) atoms. The Labute approximate surface area is 59.2 Å². The van der Waals surface area contributed by atoms with E-state index in [9.17, 15) is 4.79 Å². The van der Waals surface area contributed by atoms with Gasteiger partial charge in [0.25, 0.3) is 0 Å². The third-order valence-corrected chi connectivity index (χ3v) is 2.01. The summed E-state index contributed by atoms with van der Waals surface area (Å²) >= 11 is 0. The van der Waals surface area contributed by atoms with Crippen molar-refractivity contribution in [3.63, 3.8) is 0 Å². The SMILES string of the molecule is N[C@@H]1CC(C(=O)O)C[C@@H]1N. The summed E-state index contributed by atoms with van der Waals surface area (Å²) in [7, 11) is 0. The number of hydrogen-bond donors (Lipinski definition) is 3. The van der Waals surface area contributed by atoms with Crippen LogP contribution in [-0.4, -0.2) is 23.2 Å². The van der Waals surface area contributed by atoms with Gasteiger partial charge < -0.3 is 16.6 Å². The Bertz CT molecular complexity index is 139. The highest BCUT2D eigenvalue weighted by atomic mass is 16.4. The van der Waals surface area contributed by atoms with Crippen molar-refractivity contribution >= 4 is 5.97 Å². The van der Waals surface area contributed by atoms with Crippen molar-refractivity contribution < 1.29 is 9.90 Å². The van der Waals surface area contributed by atoms with Crippen molar-refractivity contribution in [1.29, 1.82) is 0 Å². The van der Waals surface area contributed by atoms with E-state index in [1.807, 2.05) is 0 Å². The van der Waals surface area contributed by atoms with Gasteiger partial charge in [-0.05, 0) is 12.8 Å². The van der Waals surface area contributed by atoms with Crippen LogP contribution < -0.4 is 11.5 Å². The molecule has 0 radical (unpaired) electrons. The normalized spacial score (nSPS) is 40.0. The lowest BCUT2D eigenvalue weighted by Crippen LogP contribution is -2.35. The fourth-order valence-corrected chi connectivity index (χ4v) is 1.30. The maximum Gasteiger partial charge on any atom is 0.306 e. The second-order valence-electron chi connectivity index (χ2n) is 2.83. The molecule has 1 saturated carbocycles. The summed E-state index contributed by atoms with van der Waals surface area (Å²) < 4.78 is 0. The molecule has 0 spiro atoms. The van der Waals surface area contributed by atoms with Gasteiger partial charge in [0.1, 0.15) is 0 Å². The van der Waals surface area contributed by atoms with Gasteiger partial charge >= 0.3 is 5.97 Å². The standard InChI is InChI=1S/C6H12N2O2/c7-4-1-3(6(9)10)2-5(4)8/h3-5H,1-2,7-8H2,(H,9,10)/t3?,4-,5+. The molecule has 0 aromatic heterocycles.